The summed E-state index contributed by atoms with van der Waals surface area (Å²) in [6.07, 6.45) is 1.31. The summed E-state index contributed by atoms with van der Waals surface area (Å²) < 4.78 is 18.2. The van der Waals surface area contributed by atoms with E-state index in [1.807, 2.05) is 13.1 Å². The molecule has 0 aromatic heterocycles. The van der Waals surface area contributed by atoms with Crippen LogP contribution >= 0.6 is 15.9 Å². The second kappa shape index (κ2) is 5.92. The van der Waals surface area contributed by atoms with E-state index in [2.05, 4.69) is 34.2 Å². The van der Waals surface area contributed by atoms with Crippen LogP contribution in [0.3, 0.4) is 0 Å². The van der Waals surface area contributed by atoms with E-state index in [4.69, 9.17) is 14.2 Å². The van der Waals surface area contributed by atoms with E-state index in [1.54, 1.807) is 0 Å². The third-order valence-corrected chi connectivity index (χ3v) is 4.77. The first-order valence-corrected chi connectivity index (χ1v) is 7.88. The van der Waals surface area contributed by atoms with E-state index in [1.165, 1.54) is 0 Å². The molecule has 0 spiro atoms. The molecule has 20 heavy (non-hydrogen) atoms. The highest BCUT2D eigenvalue weighted by molar-refractivity contribution is 9.10. The third-order valence-electron chi connectivity index (χ3n) is 4.08. The van der Waals surface area contributed by atoms with Gasteiger partial charge in [0.05, 0.1) is 12.1 Å². The van der Waals surface area contributed by atoms with E-state index in [9.17, 15) is 0 Å². The molecule has 3 rings (SSSR count). The van der Waals surface area contributed by atoms with Gasteiger partial charge in [0.1, 0.15) is 13.2 Å². The number of benzene rings is 1. The second-order valence-corrected chi connectivity index (χ2v) is 6.24. The number of rotatable bonds is 3. The summed E-state index contributed by atoms with van der Waals surface area (Å²) in [5.74, 6) is 2.18. The molecule has 2 aliphatic heterocycles. The number of likely N-dealkylation sites (N-methyl/N-ethyl adjacent to an activating group) is 1. The van der Waals surface area contributed by atoms with E-state index < -0.39 is 0 Å². The fourth-order valence-corrected chi connectivity index (χ4v) is 3.53. The van der Waals surface area contributed by atoms with Crippen molar-refractivity contribution >= 4 is 15.9 Å². The maximum Gasteiger partial charge on any atom is 0.162 e. The van der Waals surface area contributed by atoms with E-state index >= 15 is 0 Å². The molecule has 2 aliphatic rings. The van der Waals surface area contributed by atoms with Gasteiger partial charge in [-0.25, -0.2) is 0 Å². The largest absolute Gasteiger partial charge is 0.486 e. The molecule has 5 heteroatoms. The molecular formula is C15H20BrNO3. The summed E-state index contributed by atoms with van der Waals surface area (Å²) in [5.41, 5.74) is 1.16. The van der Waals surface area contributed by atoms with Crippen LogP contribution in [0.1, 0.15) is 24.9 Å². The van der Waals surface area contributed by atoms with Gasteiger partial charge in [-0.15, -0.1) is 0 Å². The molecule has 3 unspecified atom stereocenters. The fourth-order valence-electron chi connectivity index (χ4n) is 2.96. The predicted octanol–water partition coefficient (Wildman–Crippen LogP) is 2.91. The van der Waals surface area contributed by atoms with Gasteiger partial charge in [-0.05, 0) is 37.1 Å². The molecule has 0 amide bonds. The molecular weight excluding hydrogens is 322 g/mol. The molecule has 1 N–H and O–H groups in total. The van der Waals surface area contributed by atoms with Gasteiger partial charge in [0.25, 0.3) is 0 Å². The van der Waals surface area contributed by atoms with Crippen LogP contribution in [0.4, 0.5) is 0 Å². The highest BCUT2D eigenvalue weighted by Gasteiger charge is 2.34. The topological polar surface area (TPSA) is 39.7 Å². The van der Waals surface area contributed by atoms with Crippen LogP contribution < -0.4 is 14.8 Å². The number of nitrogens with one attached hydrogen (secondary N) is 1. The van der Waals surface area contributed by atoms with Crippen molar-refractivity contribution in [3.63, 3.8) is 0 Å². The summed E-state index contributed by atoms with van der Waals surface area (Å²) in [6, 6.07) is 4.21. The van der Waals surface area contributed by atoms with E-state index in [0.29, 0.717) is 19.1 Å². The summed E-state index contributed by atoms with van der Waals surface area (Å²) >= 11 is 3.65. The zero-order valence-corrected chi connectivity index (χ0v) is 13.4. The second-order valence-electron chi connectivity index (χ2n) is 5.39. The minimum atomic E-state index is 0.151. The van der Waals surface area contributed by atoms with Crippen molar-refractivity contribution in [1.82, 2.24) is 5.32 Å². The smallest absolute Gasteiger partial charge is 0.162 e. The van der Waals surface area contributed by atoms with Crippen molar-refractivity contribution in [2.75, 3.05) is 26.9 Å². The molecule has 0 aliphatic carbocycles. The van der Waals surface area contributed by atoms with Gasteiger partial charge in [-0.3, -0.25) is 0 Å². The van der Waals surface area contributed by atoms with Gasteiger partial charge in [0.15, 0.2) is 11.5 Å². The number of halogens is 1. The van der Waals surface area contributed by atoms with Crippen LogP contribution in [0.25, 0.3) is 0 Å². The van der Waals surface area contributed by atoms with Gasteiger partial charge in [-0.2, -0.15) is 0 Å². The molecule has 1 fully saturated rings. The van der Waals surface area contributed by atoms with Crippen LogP contribution in [-0.2, 0) is 4.74 Å². The van der Waals surface area contributed by atoms with E-state index in [0.717, 1.165) is 34.6 Å². The Hall–Kier alpha value is -0.780. The summed E-state index contributed by atoms with van der Waals surface area (Å²) in [4.78, 5) is 0. The number of hydrogen-bond acceptors (Lipinski definition) is 4. The SMILES string of the molecule is CNC(c1cc2c(cc1Br)OCCO2)C1OCCC1C. The van der Waals surface area contributed by atoms with Crippen molar-refractivity contribution in [3.05, 3.63) is 22.2 Å². The Morgan fingerprint density at radius 3 is 2.50 bits per heavy atom. The van der Waals surface area contributed by atoms with Crippen LogP contribution in [0.2, 0.25) is 0 Å². The molecule has 3 atom stereocenters. The highest BCUT2D eigenvalue weighted by atomic mass is 79.9. The lowest BCUT2D eigenvalue weighted by Crippen LogP contribution is -2.33. The van der Waals surface area contributed by atoms with Gasteiger partial charge >= 0.3 is 0 Å². The van der Waals surface area contributed by atoms with Crippen molar-refractivity contribution < 1.29 is 14.2 Å². The Balaban J connectivity index is 1.94. The van der Waals surface area contributed by atoms with Gasteiger partial charge in [0, 0.05) is 11.1 Å². The predicted molar refractivity (Wildman–Crippen MR) is 80.5 cm³/mol. The fraction of sp³-hybridized carbons (Fsp3) is 0.600. The minimum absolute atomic E-state index is 0.151. The zero-order chi connectivity index (χ0) is 14.1. The molecule has 110 valence electrons. The van der Waals surface area contributed by atoms with Crippen LogP contribution in [-0.4, -0.2) is 33.0 Å². The lowest BCUT2D eigenvalue weighted by atomic mass is 9.92. The van der Waals surface area contributed by atoms with Crippen LogP contribution in [0.5, 0.6) is 11.5 Å². The molecule has 0 radical (unpaired) electrons. The van der Waals surface area contributed by atoms with Gasteiger partial charge < -0.3 is 19.5 Å². The Morgan fingerprint density at radius 1 is 1.20 bits per heavy atom. The first kappa shape index (κ1) is 14.2. The Labute approximate surface area is 127 Å². The van der Waals surface area contributed by atoms with Crippen molar-refractivity contribution in [1.29, 1.82) is 0 Å². The molecule has 4 nitrogen and oxygen atoms in total. The van der Waals surface area contributed by atoms with Gasteiger partial charge in [0.2, 0.25) is 0 Å². The maximum absolute atomic E-state index is 5.92. The molecule has 1 saturated heterocycles. The summed E-state index contributed by atoms with van der Waals surface area (Å²) in [5, 5.41) is 3.39. The monoisotopic (exact) mass is 341 g/mol. The number of fused-ring (bicyclic) bond motifs is 1. The van der Waals surface area contributed by atoms with Crippen molar-refractivity contribution in [2.45, 2.75) is 25.5 Å². The van der Waals surface area contributed by atoms with Crippen molar-refractivity contribution in [2.24, 2.45) is 5.92 Å². The quantitative estimate of drug-likeness (QED) is 0.917. The lowest BCUT2D eigenvalue weighted by Gasteiger charge is -2.28. The summed E-state index contributed by atoms with van der Waals surface area (Å²) in [6.45, 7) is 4.30. The maximum atomic E-state index is 5.92. The standard InChI is InChI=1S/C15H20BrNO3/c1-9-3-4-20-15(9)14(17-2)10-7-12-13(8-11(10)16)19-6-5-18-12/h7-9,14-15,17H,3-6H2,1-2H3. The molecule has 2 heterocycles. The Kier molecular flexibility index (Phi) is 4.19. The normalized spacial score (nSPS) is 26.6. The molecule has 0 saturated carbocycles. The Morgan fingerprint density at radius 2 is 1.90 bits per heavy atom. The Bertz CT molecular complexity index is 494. The highest BCUT2D eigenvalue weighted by Crippen LogP contribution is 2.41. The first-order chi connectivity index (χ1) is 9.70. The third kappa shape index (κ3) is 2.54. The lowest BCUT2D eigenvalue weighted by molar-refractivity contribution is 0.0627. The molecule has 0 bridgehead atoms. The van der Waals surface area contributed by atoms with Gasteiger partial charge in [-0.1, -0.05) is 22.9 Å². The first-order valence-electron chi connectivity index (χ1n) is 7.08. The zero-order valence-electron chi connectivity index (χ0n) is 11.8. The van der Waals surface area contributed by atoms with Crippen molar-refractivity contribution in [3.8, 4) is 11.5 Å². The molecule has 1 aromatic rings. The molecule has 1 aromatic carbocycles. The van der Waals surface area contributed by atoms with Crippen LogP contribution in [0, 0.1) is 5.92 Å². The number of hydrogen-bond donors (Lipinski definition) is 1. The van der Waals surface area contributed by atoms with E-state index in [-0.39, 0.29) is 12.1 Å². The minimum Gasteiger partial charge on any atom is -0.486 e. The number of ether oxygens (including phenoxy) is 3. The average molecular weight is 342 g/mol. The summed E-state index contributed by atoms with van der Waals surface area (Å²) in [7, 11) is 1.97. The average Bonchev–Trinajstić information content (AvgIpc) is 2.87. The van der Waals surface area contributed by atoms with Crippen LogP contribution in [0.15, 0.2) is 16.6 Å².